The number of hydrogen-bond acceptors (Lipinski definition) is 5. The molecule has 0 aromatic rings. The molecule has 1 saturated heterocycles. The Labute approximate surface area is 189 Å². The summed E-state index contributed by atoms with van der Waals surface area (Å²) in [5, 5.41) is 25.6. The van der Waals surface area contributed by atoms with E-state index in [9.17, 15) is 19.8 Å². The summed E-state index contributed by atoms with van der Waals surface area (Å²) in [6, 6.07) is 0. The third kappa shape index (κ3) is 2.48. The molecule has 174 valence electrons. The van der Waals surface area contributed by atoms with Gasteiger partial charge in [-0.15, -0.1) is 0 Å². The van der Waals surface area contributed by atoms with Crippen molar-refractivity contribution in [2.45, 2.75) is 82.5 Å². The first-order chi connectivity index (χ1) is 15.2. The molecule has 1 amide bonds. The predicted molar refractivity (Wildman–Crippen MR) is 117 cm³/mol. The van der Waals surface area contributed by atoms with E-state index in [0.29, 0.717) is 31.7 Å². The van der Waals surface area contributed by atoms with Gasteiger partial charge in [-0.3, -0.25) is 9.59 Å². The number of aliphatic hydroxyl groups excluding tert-OH is 1. The standard InChI is InChI=1S/C26H35NO5/c1-14-11-25-13-26(14,31)9-8-17(25)16-10-18-21(28)24(2,23(30)32-18)19(16)20(25)22(29)27-12-15-6-4-3-5-7-15/h10,15,17-21,28,31H,1,3-9,11-13H2,2H3,(H,27,29)/t17-,18+,19+,20+,21-,24-,25-,26-/m0/s1. The van der Waals surface area contributed by atoms with Crippen molar-refractivity contribution in [2.75, 3.05) is 6.54 Å². The maximum Gasteiger partial charge on any atom is 0.315 e. The number of allylic oxidation sites excluding steroid dienone is 1. The lowest BCUT2D eigenvalue weighted by molar-refractivity contribution is -0.151. The van der Waals surface area contributed by atoms with Crippen LogP contribution in [0, 0.1) is 34.5 Å². The Morgan fingerprint density at radius 1 is 1.28 bits per heavy atom. The summed E-state index contributed by atoms with van der Waals surface area (Å²) >= 11 is 0. The minimum atomic E-state index is -1.13. The second-order valence-corrected chi connectivity index (χ2v) is 11.8. The summed E-state index contributed by atoms with van der Waals surface area (Å²) in [6.45, 7) is 6.65. The lowest BCUT2D eigenvalue weighted by Gasteiger charge is -2.43. The van der Waals surface area contributed by atoms with Gasteiger partial charge >= 0.3 is 5.97 Å². The van der Waals surface area contributed by atoms with Crippen molar-refractivity contribution in [2.24, 2.45) is 34.5 Å². The summed E-state index contributed by atoms with van der Waals surface area (Å²) in [5.41, 5.74) is -0.572. The van der Waals surface area contributed by atoms with E-state index < -0.39 is 46.4 Å². The maximum absolute atomic E-state index is 13.9. The number of ether oxygens (including phenoxy) is 1. The second-order valence-electron chi connectivity index (χ2n) is 11.8. The Balaban J connectivity index is 1.41. The van der Waals surface area contributed by atoms with Gasteiger partial charge in [0.25, 0.3) is 0 Å². The summed E-state index contributed by atoms with van der Waals surface area (Å²) in [6.07, 6.45) is 8.90. The molecule has 0 aromatic heterocycles. The molecule has 6 rings (SSSR count). The van der Waals surface area contributed by atoms with Crippen molar-refractivity contribution in [1.82, 2.24) is 5.32 Å². The van der Waals surface area contributed by atoms with Gasteiger partial charge in [0.1, 0.15) is 17.6 Å². The quantitative estimate of drug-likeness (QED) is 0.462. The Bertz CT molecular complexity index is 921. The molecule has 6 heteroatoms. The number of nitrogens with one attached hydrogen (secondary N) is 1. The fourth-order valence-electron chi connectivity index (χ4n) is 8.63. The Morgan fingerprint density at radius 2 is 2.03 bits per heavy atom. The fraction of sp³-hybridized carbons (Fsp3) is 0.769. The lowest BCUT2D eigenvalue weighted by Crippen LogP contribution is -2.52. The molecule has 6 nitrogen and oxygen atoms in total. The summed E-state index contributed by atoms with van der Waals surface area (Å²) < 4.78 is 5.55. The molecular formula is C26H35NO5. The van der Waals surface area contributed by atoms with E-state index in [1.165, 1.54) is 19.3 Å². The van der Waals surface area contributed by atoms with Gasteiger partial charge in [0.05, 0.1) is 11.5 Å². The smallest absolute Gasteiger partial charge is 0.315 e. The summed E-state index contributed by atoms with van der Waals surface area (Å²) in [5.74, 6) is -0.681. The van der Waals surface area contributed by atoms with Crippen LogP contribution in [-0.2, 0) is 14.3 Å². The van der Waals surface area contributed by atoms with Gasteiger partial charge in [-0.25, -0.2) is 0 Å². The zero-order valence-electron chi connectivity index (χ0n) is 18.9. The molecule has 4 saturated carbocycles. The highest BCUT2D eigenvalue weighted by molar-refractivity contribution is 5.87. The normalized spacial score (nSPS) is 49.3. The number of carbonyl (C=O) groups is 2. The van der Waals surface area contributed by atoms with Gasteiger partial charge in [0.2, 0.25) is 5.91 Å². The molecule has 0 radical (unpaired) electrons. The number of amides is 1. The molecular weight excluding hydrogens is 406 g/mol. The van der Waals surface area contributed by atoms with Crippen LogP contribution in [0.3, 0.4) is 0 Å². The van der Waals surface area contributed by atoms with Crippen LogP contribution in [-0.4, -0.2) is 46.4 Å². The SMILES string of the molecule is C=C1C[C@]23C[C@@]1(O)CC[C@H]2C1=C[C@H]2OC(=O)[C@@](C)([C@H]1[C@@H]3C(=O)NCC1CCCCC1)[C@H]2O. The number of carbonyl (C=O) groups excluding carboxylic acids is 2. The minimum Gasteiger partial charge on any atom is -0.455 e. The fourth-order valence-corrected chi connectivity index (χ4v) is 8.63. The van der Waals surface area contributed by atoms with Crippen LogP contribution in [0.4, 0.5) is 0 Å². The van der Waals surface area contributed by atoms with E-state index in [2.05, 4.69) is 11.9 Å². The average molecular weight is 442 g/mol. The highest BCUT2D eigenvalue weighted by Gasteiger charge is 2.75. The summed E-state index contributed by atoms with van der Waals surface area (Å²) in [4.78, 5) is 27.0. The Morgan fingerprint density at radius 3 is 2.78 bits per heavy atom. The maximum atomic E-state index is 13.9. The zero-order chi connectivity index (χ0) is 22.5. The van der Waals surface area contributed by atoms with Gasteiger partial charge in [-0.2, -0.15) is 0 Å². The first-order valence-electron chi connectivity index (χ1n) is 12.5. The number of esters is 1. The molecule has 0 aromatic carbocycles. The number of aliphatic hydroxyl groups is 2. The van der Waals surface area contributed by atoms with Crippen molar-refractivity contribution in [3.05, 3.63) is 23.8 Å². The van der Waals surface area contributed by atoms with Gasteiger partial charge in [0, 0.05) is 12.5 Å². The highest BCUT2D eigenvalue weighted by Crippen LogP contribution is 2.74. The molecule has 5 aliphatic carbocycles. The molecule has 32 heavy (non-hydrogen) atoms. The molecule has 1 spiro atoms. The topological polar surface area (TPSA) is 95.9 Å². The van der Waals surface area contributed by atoms with Crippen molar-refractivity contribution in [3.63, 3.8) is 0 Å². The third-order valence-electron chi connectivity index (χ3n) is 10.3. The second kappa shape index (κ2) is 6.69. The van der Waals surface area contributed by atoms with Crippen LogP contribution in [0.5, 0.6) is 0 Å². The molecule has 3 N–H and O–H groups in total. The van der Waals surface area contributed by atoms with E-state index in [-0.39, 0.29) is 11.8 Å². The van der Waals surface area contributed by atoms with E-state index >= 15 is 0 Å². The molecule has 5 fully saturated rings. The van der Waals surface area contributed by atoms with Crippen LogP contribution in [0.1, 0.15) is 64.7 Å². The van der Waals surface area contributed by atoms with Crippen LogP contribution in [0.25, 0.3) is 0 Å². The van der Waals surface area contributed by atoms with Crippen LogP contribution < -0.4 is 5.32 Å². The van der Waals surface area contributed by atoms with Crippen molar-refractivity contribution < 1.29 is 24.5 Å². The van der Waals surface area contributed by atoms with Crippen LogP contribution >= 0.6 is 0 Å². The molecule has 4 bridgehead atoms. The minimum absolute atomic E-state index is 0.0282. The summed E-state index contributed by atoms with van der Waals surface area (Å²) in [7, 11) is 0. The van der Waals surface area contributed by atoms with E-state index in [4.69, 9.17) is 4.74 Å². The number of hydrogen-bond donors (Lipinski definition) is 3. The van der Waals surface area contributed by atoms with E-state index in [0.717, 1.165) is 30.4 Å². The Hall–Kier alpha value is -1.66. The first kappa shape index (κ1) is 20.9. The van der Waals surface area contributed by atoms with Crippen molar-refractivity contribution >= 4 is 11.9 Å². The van der Waals surface area contributed by atoms with Gasteiger partial charge in [-0.1, -0.05) is 31.4 Å². The van der Waals surface area contributed by atoms with Gasteiger partial charge in [0.15, 0.2) is 0 Å². The monoisotopic (exact) mass is 441 g/mol. The predicted octanol–water partition coefficient (Wildman–Crippen LogP) is 2.64. The van der Waals surface area contributed by atoms with Gasteiger partial charge in [-0.05, 0) is 74.3 Å². The number of fused-ring (bicyclic) bond motifs is 6. The molecule has 6 aliphatic rings. The molecule has 1 heterocycles. The lowest BCUT2D eigenvalue weighted by atomic mass is 9.60. The third-order valence-corrected chi connectivity index (χ3v) is 10.3. The average Bonchev–Trinajstić information content (AvgIpc) is 3.21. The first-order valence-corrected chi connectivity index (χ1v) is 12.5. The molecule has 1 aliphatic heterocycles. The largest absolute Gasteiger partial charge is 0.455 e. The van der Waals surface area contributed by atoms with Crippen molar-refractivity contribution in [3.8, 4) is 0 Å². The highest BCUT2D eigenvalue weighted by atomic mass is 16.6. The zero-order valence-corrected chi connectivity index (χ0v) is 18.9. The number of rotatable bonds is 3. The van der Waals surface area contributed by atoms with E-state index in [1.54, 1.807) is 6.92 Å². The van der Waals surface area contributed by atoms with Crippen LogP contribution in [0.15, 0.2) is 23.8 Å². The molecule has 0 unspecified atom stereocenters. The molecule has 8 atom stereocenters. The van der Waals surface area contributed by atoms with Crippen molar-refractivity contribution in [1.29, 1.82) is 0 Å². The Kier molecular flexibility index (Phi) is 4.37. The van der Waals surface area contributed by atoms with Crippen LogP contribution in [0.2, 0.25) is 0 Å². The van der Waals surface area contributed by atoms with E-state index in [1.807, 2.05) is 6.08 Å². The van der Waals surface area contributed by atoms with Gasteiger partial charge < -0.3 is 20.3 Å².